The van der Waals surface area contributed by atoms with E-state index in [-0.39, 0.29) is 12.1 Å². The molecule has 1 aliphatic heterocycles. The molecule has 0 spiro atoms. The molecular formula is C18H26N6O4. The molecule has 3 rings (SSSR count). The lowest BCUT2D eigenvalue weighted by Crippen LogP contribution is -2.47. The number of amides is 2. The fourth-order valence-electron chi connectivity index (χ4n) is 2.75. The minimum atomic E-state index is -0.460. The van der Waals surface area contributed by atoms with Crippen LogP contribution in [0.2, 0.25) is 0 Å². The van der Waals surface area contributed by atoms with Gasteiger partial charge < -0.3 is 18.8 Å². The Balaban J connectivity index is 1.56. The van der Waals surface area contributed by atoms with Crippen molar-refractivity contribution in [2.24, 2.45) is 5.92 Å². The molecule has 28 heavy (non-hydrogen) atoms. The van der Waals surface area contributed by atoms with Gasteiger partial charge in [-0.1, -0.05) is 13.8 Å². The molecule has 10 heteroatoms. The molecule has 0 radical (unpaired) electrons. The summed E-state index contributed by atoms with van der Waals surface area (Å²) in [5.41, 5.74) is 0. The fourth-order valence-corrected chi connectivity index (χ4v) is 2.75. The Morgan fingerprint density at radius 2 is 2.11 bits per heavy atom. The first-order chi connectivity index (χ1) is 13.4. The monoisotopic (exact) mass is 390 g/mol. The molecule has 2 aromatic rings. The lowest BCUT2D eigenvalue weighted by atomic mass is 10.1. The molecule has 0 unspecified atom stereocenters. The van der Waals surface area contributed by atoms with Crippen molar-refractivity contribution in [3.8, 4) is 5.88 Å². The van der Waals surface area contributed by atoms with E-state index in [9.17, 15) is 4.79 Å². The van der Waals surface area contributed by atoms with Gasteiger partial charge in [0.15, 0.2) is 11.9 Å². The first-order valence-electron chi connectivity index (χ1n) is 9.38. The van der Waals surface area contributed by atoms with Crippen molar-refractivity contribution in [1.82, 2.24) is 25.3 Å². The molecular weight excluding hydrogens is 364 g/mol. The van der Waals surface area contributed by atoms with E-state index < -0.39 is 6.10 Å². The molecule has 1 saturated heterocycles. The molecule has 1 aliphatic rings. The third kappa shape index (κ3) is 5.38. The normalized spacial score (nSPS) is 19.7. The Morgan fingerprint density at radius 3 is 2.75 bits per heavy atom. The van der Waals surface area contributed by atoms with Gasteiger partial charge in [0, 0.05) is 19.5 Å². The number of aromatic nitrogens is 4. The average molecular weight is 390 g/mol. The van der Waals surface area contributed by atoms with Crippen LogP contribution in [-0.4, -0.2) is 57.1 Å². The SMILES string of the molecule is Cc1nnc([C@H]2CN(C(=O)Nc3ccc(OCCC(C)C)nn3)C[C@@H](C)O2)o1. The summed E-state index contributed by atoms with van der Waals surface area (Å²) in [6, 6.07) is 3.06. The van der Waals surface area contributed by atoms with Gasteiger partial charge in [-0.25, -0.2) is 4.79 Å². The lowest BCUT2D eigenvalue weighted by molar-refractivity contribution is -0.0754. The van der Waals surface area contributed by atoms with Gasteiger partial charge >= 0.3 is 6.03 Å². The van der Waals surface area contributed by atoms with E-state index in [1.165, 1.54) is 0 Å². The third-order valence-electron chi connectivity index (χ3n) is 4.18. The average Bonchev–Trinajstić information content (AvgIpc) is 3.09. The van der Waals surface area contributed by atoms with Gasteiger partial charge in [0.1, 0.15) is 0 Å². The predicted octanol–water partition coefficient (Wildman–Crippen LogP) is 2.59. The number of anilines is 1. The van der Waals surface area contributed by atoms with E-state index in [0.29, 0.717) is 49.1 Å². The van der Waals surface area contributed by atoms with Crippen LogP contribution in [0.5, 0.6) is 5.88 Å². The van der Waals surface area contributed by atoms with Crippen LogP contribution in [0.3, 0.4) is 0 Å². The Kier molecular flexibility index (Phi) is 6.40. The summed E-state index contributed by atoms with van der Waals surface area (Å²) in [6.07, 6.45) is 0.314. The topological polar surface area (TPSA) is 116 Å². The molecule has 0 aromatic carbocycles. The van der Waals surface area contributed by atoms with Crippen molar-refractivity contribution in [2.75, 3.05) is 25.0 Å². The zero-order valence-electron chi connectivity index (χ0n) is 16.6. The largest absolute Gasteiger partial charge is 0.477 e. The molecule has 2 amide bonds. The first-order valence-corrected chi connectivity index (χ1v) is 9.38. The summed E-state index contributed by atoms with van der Waals surface area (Å²) in [5, 5.41) is 18.6. The predicted molar refractivity (Wildman–Crippen MR) is 99.9 cm³/mol. The second kappa shape index (κ2) is 8.96. The number of morpholine rings is 1. The van der Waals surface area contributed by atoms with Crippen molar-refractivity contribution in [2.45, 2.75) is 46.3 Å². The van der Waals surface area contributed by atoms with Crippen LogP contribution in [0.4, 0.5) is 10.6 Å². The number of urea groups is 1. The Bertz CT molecular complexity index is 779. The van der Waals surface area contributed by atoms with Crippen molar-refractivity contribution < 1.29 is 18.7 Å². The van der Waals surface area contributed by atoms with E-state index in [1.54, 1.807) is 24.0 Å². The highest BCUT2D eigenvalue weighted by molar-refractivity contribution is 5.88. The number of nitrogens with one attached hydrogen (secondary N) is 1. The van der Waals surface area contributed by atoms with E-state index in [1.807, 2.05) is 6.92 Å². The maximum absolute atomic E-state index is 12.6. The number of aryl methyl sites for hydroxylation is 1. The van der Waals surface area contributed by atoms with Gasteiger partial charge in [0.05, 0.1) is 19.3 Å². The molecule has 0 aliphatic carbocycles. The maximum atomic E-state index is 12.6. The molecule has 2 atom stereocenters. The Labute approximate surface area is 163 Å². The Hall–Kier alpha value is -2.75. The van der Waals surface area contributed by atoms with Crippen LogP contribution in [0.1, 0.15) is 45.1 Å². The molecule has 10 nitrogen and oxygen atoms in total. The number of nitrogens with zero attached hydrogens (tertiary/aromatic N) is 5. The number of carbonyl (C=O) groups excluding carboxylic acids is 1. The highest BCUT2D eigenvalue weighted by Gasteiger charge is 2.32. The highest BCUT2D eigenvalue weighted by Crippen LogP contribution is 2.24. The maximum Gasteiger partial charge on any atom is 0.323 e. The summed E-state index contributed by atoms with van der Waals surface area (Å²) < 4.78 is 16.8. The first kappa shape index (κ1) is 20.0. The Morgan fingerprint density at radius 1 is 1.29 bits per heavy atom. The van der Waals surface area contributed by atoms with Gasteiger partial charge in [-0.3, -0.25) is 5.32 Å². The minimum absolute atomic E-state index is 0.167. The smallest absolute Gasteiger partial charge is 0.323 e. The summed E-state index contributed by atoms with van der Waals surface area (Å²) in [5.74, 6) is 2.17. The van der Waals surface area contributed by atoms with E-state index >= 15 is 0 Å². The quantitative estimate of drug-likeness (QED) is 0.800. The number of hydrogen-bond donors (Lipinski definition) is 1. The van der Waals surface area contributed by atoms with Crippen LogP contribution in [-0.2, 0) is 4.74 Å². The molecule has 3 heterocycles. The minimum Gasteiger partial charge on any atom is -0.477 e. The zero-order valence-corrected chi connectivity index (χ0v) is 16.6. The van der Waals surface area contributed by atoms with E-state index in [0.717, 1.165) is 6.42 Å². The molecule has 2 aromatic heterocycles. The molecule has 0 saturated carbocycles. The number of rotatable bonds is 6. The summed E-state index contributed by atoms with van der Waals surface area (Å²) >= 11 is 0. The number of hydrogen-bond acceptors (Lipinski definition) is 8. The van der Waals surface area contributed by atoms with Gasteiger partial charge in [-0.2, -0.15) is 0 Å². The van der Waals surface area contributed by atoms with Crippen molar-refractivity contribution >= 4 is 11.8 Å². The van der Waals surface area contributed by atoms with E-state index in [4.69, 9.17) is 13.9 Å². The number of ether oxygens (including phenoxy) is 2. The summed E-state index contributed by atoms with van der Waals surface area (Å²) in [4.78, 5) is 14.3. The van der Waals surface area contributed by atoms with Crippen molar-refractivity contribution in [1.29, 1.82) is 0 Å². The number of carbonyl (C=O) groups is 1. The van der Waals surface area contributed by atoms with Crippen LogP contribution in [0.25, 0.3) is 0 Å². The second-order valence-electron chi connectivity index (χ2n) is 7.22. The summed E-state index contributed by atoms with van der Waals surface area (Å²) in [7, 11) is 0. The van der Waals surface area contributed by atoms with Crippen LogP contribution < -0.4 is 10.1 Å². The van der Waals surface area contributed by atoms with Gasteiger partial charge in [0.2, 0.25) is 17.7 Å². The van der Waals surface area contributed by atoms with Crippen molar-refractivity contribution in [3.05, 3.63) is 23.9 Å². The molecule has 0 bridgehead atoms. The van der Waals surface area contributed by atoms with Gasteiger partial charge in [0.25, 0.3) is 0 Å². The molecule has 1 fully saturated rings. The van der Waals surface area contributed by atoms with E-state index in [2.05, 4.69) is 39.6 Å². The van der Waals surface area contributed by atoms with Gasteiger partial charge in [-0.05, 0) is 25.3 Å². The molecule has 152 valence electrons. The fraction of sp³-hybridized carbons (Fsp3) is 0.611. The standard InChI is InChI=1S/C18H26N6O4/c1-11(2)7-8-26-16-6-5-15(21-22-16)19-18(25)24-9-12(3)27-14(10-24)17-23-20-13(4)28-17/h5-6,11-12,14H,7-10H2,1-4H3,(H,19,21,25)/t12-,14-/m1/s1. The zero-order chi connectivity index (χ0) is 20.1. The second-order valence-corrected chi connectivity index (χ2v) is 7.22. The molecule has 1 N–H and O–H groups in total. The van der Waals surface area contributed by atoms with Gasteiger partial charge in [-0.15, -0.1) is 20.4 Å². The van der Waals surface area contributed by atoms with Crippen LogP contribution in [0.15, 0.2) is 16.5 Å². The summed E-state index contributed by atoms with van der Waals surface area (Å²) in [6.45, 7) is 9.19. The van der Waals surface area contributed by atoms with Crippen LogP contribution in [0, 0.1) is 12.8 Å². The lowest BCUT2D eigenvalue weighted by Gasteiger charge is -2.35. The highest BCUT2D eigenvalue weighted by atomic mass is 16.5. The van der Waals surface area contributed by atoms with Crippen LogP contribution >= 0.6 is 0 Å². The van der Waals surface area contributed by atoms with Crippen molar-refractivity contribution in [3.63, 3.8) is 0 Å². The third-order valence-corrected chi connectivity index (χ3v) is 4.18.